The van der Waals surface area contributed by atoms with E-state index >= 15 is 0 Å². The maximum atomic E-state index is 13.2. The molecule has 0 saturated heterocycles. The van der Waals surface area contributed by atoms with Gasteiger partial charge in [-0.1, -0.05) is 24.3 Å². The Balaban J connectivity index is 2.20. The van der Waals surface area contributed by atoms with Crippen LogP contribution in [-0.2, 0) is 9.59 Å². The van der Waals surface area contributed by atoms with Gasteiger partial charge in [-0.15, -0.1) is 0 Å². The van der Waals surface area contributed by atoms with Crippen LogP contribution >= 0.6 is 0 Å². The Labute approximate surface area is 165 Å². The van der Waals surface area contributed by atoms with Gasteiger partial charge in [-0.25, -0.2) is 0 Å². The summed E-state index contributed by atoms with van der Waals surface area (Å²) in [7, 11) is 3.23. The van der Waals surface area contributed by atoms with Gasteiger partial charge in [0, 0.05) is 28.2 Å². The number of rotatable bonds is 5. The Hall–Kier alpha value is -3.14. The van der Waals surface area contributed by atoms with Gasteiger partial charge in [0.05, 0.1) is 14.2 Å². The molecule has 2 aromatic rings. The van der Waals surface area contributed by atoms with Gasteiger partial charge in [-0.3, -0.25) is 9.59 Å². The zero-order valence-corrected chi connectivity index (χ0v) is 16.8. The van der Waals surface area contributed by atoms with E-state index in [1.54, 1.807) is 35.0 Å². The van der Waals surface area contributed by atoms with Crippen LogP contribution in [0.3, 0.4) is 0 Å². The van der Waals surface area contributed by atoms with Crippen LogP contribution in [0.4, 0.5) is 0 Å². The minimum atomic E-state index is -0.351. The summed E-state index contributed by atoms with van der Waals surface area (Å²) in [5, 5.41) is 0. The molecule has 0 heterocycles. The summed E-state index contributed by atoms with van der Waals surface area (Å²) < 4.78 is 10.5. The van der Waals surface area contributed by atoms with Crippen molar-refractivity contribution >= 4 is 11.6 Å². The minimum absolute atomic E-state index is 0.0703. The first-order valence-electron chi connectivity index (χ1n) is 9.14. The summed E-state index contributed by atoms with van der Waals surface area (Å²) in [6, 6.07) is 15.2. The highest BCUT2D eigenvalue weighted by Crippen LogP contribution is 2.39. The van der Waals surface area contributed by atoms with Crippen molar-refractivity contribution in [2.24, 2.45) is 0 Å². The summed E-state index contributed by atoms with van der Waals surface area (Å²) in [6.07, 6.45) is 0. The molecule has 1 aliphatic carbocycles. The topological polar surface area (TPSA) is 52.6 Å². The summed E-state index contributed by atoms with van der Waals surface area (Å²) in [5.74, 6) is 0.975. The average Bonchev–Trinajstić information content (AvgIpc) is 2.74. The molecule has 0 amide bonds. The number of allylic oxidation sites excluding steroid dienone is 4. The minimum Gasteiger partial charge on any atom is -0.497 e. The van der Waals surface area contributed by atoms with Crippen LogP contribution in [0.1, 0.15) is 37.8 Å². The van der Waals surface area contributed by atoms with E-state index in [0.29, 0.717) is 22.3 Å². The monoisotopic (exact) mass is 376 g/mol. The number of ether oxygens (including phenoxy) is 2. The maximum absolute atomic E-state index is 13.2. The summed E-state index contributed by atoms with van der Waals surface area (Å²) in [4.78, 5) is 26.0. The van der Waals surface area contributed by atoms with Crippen LogP contribution in [0.25, 0.3) is 0 Å². The number of Topliss-reactive ketones (excluding diaryl/α,β-unsaturated/α-hetero) is 2. The Morgan fingerprint density at radius 1 is 0.607 bits per heavy atom. The quantitative estimate of drug-likeness (QED) is 0.714. The highest BCUT2D eigenvalue weighted by atomic mass is 16.5. The van der Waals surface area contributed by atoms with Gasteiger partial charge in [-0.2, -0.15) is 0 Å². The Kier molecular flexibility index (Phi) is 5.50. The van der Waals surface area contributed by atoms with E-state index in [4.69, 9.17) is 9.47 Å². The molecule has 0 spiro atoms. The molecule has 0 aliphatic heterocycles. The lowest BCUT2D eigenvalue weighted by molar-refractivity contribution is -0.116. The molecule has 4 nitrogen and oxygen atoms in total. The van der Waals surface area contributed by atoms with Crippen molar-refractivity contribution in [3.05, 3.63) is 82.0 Å². The first-order chi connectivity index (χ1) is 13.4. The lowest BCUT2D eigenvalue weighted by Gasteiger charge is -2.27. The third-order valence-corrected chi connectivity index (χ3v) is 5.42. The summed E-state index contributed by atoms with van der Waals surface area (Å²) in [5.41, 5.74) is 3.92. The SMILES string of the molecule is COc1ccc(C(C2=C(C)C(=O)C(C)=C(C)C2=O)c2ccc(OC)cc2)cc1. The van der Waals surface area contributed by atoms with Crippen LogP contribution in [0.2, 0.25) is 0 Å². The van der Waals surface area contributed by atoms with E-state index in [2.05, 4.69) is 0 Å². The normalized spacial score (nSPS) is 14.8. The molecule has 0 saturated carbocycles. The molecule has 28 heavy (non-hydrogen) atoms. The molecule has 0 radical (unpaired) electrons. The number of methoxy groups -OCH3 is 2. The molecule has 0 aromatic heterocycles. The summed E-state index contributed by atoms with van der Waals surface area (Å²) >= 11 is 0. The first-order valence-corrected chi connectivity index (χ1v) is 9.14. The lowest BCUT2D eigenvalue weighted by Crippen LogP contribution is -2.25. The Morgan fingerprint density at radius 2 is 1.00 bits per heavy atom. The van der Waals surface area contributed by atoms with Crippen molar-refractivity contribution in [3.63, 3.8) is 0 Å². The van der Waals surface area contributed by atoms with E-state index in [0.717, 1.165) is 22.6 Å². The zero-order chi connectivity index (χ0) is 20.4. The number of hydrogen-bond acceptors (Lipinski definition) is 4. The fourth-order valence-electron chi connectivity index (χ4n) is 3.58. The number of carbonyl (C=O) groups is 2. The number of ketones is 2. The molecule has 0 bridgehead atoms. The van der Waals surface area contributed by atoms with Crippen molar-refractivity contribution in [2.75, 3.05) is 14.2 Å². The smallest absolute Gasteiger partial charge is 0.186 e. The van der Waals surface area contributed by atoms with Gasteiger partial charge in [0.15, 0.2) is 11.6 Å². The molecule has 2 aromatic carbocycles. The van der Waals surface area contributed by atoms with E-state index in [9.17, 15) is 9.59 Å². The Morgan fingerprint density at radius 3 is 1.39 bits per heavy atom. The Bertz CT molecular complexity index is 929. The second-order valence-electron chi connectivity index (χ2n) is 6.93. The van der Waals surface area contributed by atoms with Gasteiger partial charge in [0.1, 0.15) is 11.5 Å². The van der Waals surface area contributed by atoms with Crippen LogP contribution in [0, 0.1) is 0 Å². The molecule has 3 rings (SSSR count). The molecule has 4 heteroatoms. The summed E-state index contributed by atoms with van der Waals surface area (Å²) in [6.45, 7) is 5.18. The van der Waals surface area contributed by atoms with E-state index in [1.165, 1.54) is 0 Å². The highest BCUT2D eigenvalue weighted by molar-refractivity contribution is 6.25. The van der Waals surface area contributed by atoms with Gasteiger partial charge in [-0.05, 0) is 56.2 Å². The largest absolute Gasteiger partial charge is 0.497 e. The van der Waals surface area contributed by atoms with Crippen molar-refractivity contribution in [3.8, 4) is 11.5 Å². The fraction of sp³-hybridized carbons (Fsp3) is 0.250. The van der Waals surface area contributed by atoms with E-state index in [1.807, 2.05) is 48.5 Å². The van der Waals surface area contributed by atoms with Crippen LogP contribution in [0.15, 0.2) is 70.8 Å². The van der Waals surface area contributed by atoms with Crippen LogP contribution in [0.5, 0.6) is 11.5 Å². The van der Waals surface area contributed by atoms with E-state index in [-0.39, 0.29) is 17.5 Å². The lowest BCUT2D eigenvalue weighted by atomic mass is 9.75. The standard InChI is InChI=1S/C24H24O4/c1-14-15(2)24(26)21(16(3)23(14)25)22(17-6-10-19(27-4)11-7-17)18-8-12-20(28-5)13-9-18/h6-13,22H,1-5H3. The molecule has 0 N–H and O–H groups in total. The predicted molar refractivity (Wildman–Crippen MR) is 109 cm³/mol. The number of hydrogen-bond donors (Lipinski definition) is 0. The first kappa shape index (κ1) is 19.6. The second kappa shape index (κ2) is 7.85. The highest BCUT2D eigenvalue weighted by Gasteiger charge is 2.34. The van der Waals surface area contributed by atoms with Gasteiger partial charge < -0.3 is 9.47 Å². The molecule has 0 unspecified atom stereocenters. The second-order valence-corrected chi connectivity index (χ2v) is 6.93. The molecule has 144 valence electrons. The third-order valence-electron chi connectivity index (χ3n) is 5.42. The van der Waals surface area contributed by atoms with Crippen molar-refractivity contribution in [1.29, 1.82) is 0 Å². The molecular weight excluding hydrogens is 352 g/mol. The van der Waals surface area contributed by atoms with Crippen molar-refractivity contribution in [2.45, 2.75) is 26.7 Å². The van der Waals surface area contributed by atoms with Crippen molar-refractivity contribution in [1.82, 2.24) is 0 Å². The van der Waals surface area contributed by atoms with Crippen molar-refractivity contribution < 1.29 is 19.1 Å². The molecule has 0 fully saturated rings. The predicted octanol–water partition coefficient (Wildman–Crippen LogP) is 4.64. The molecule has 0 atom stereocenters. The zero-order valence-electron chi connectivity index (χ0n) is 16.8. The van der Waals surface area contributed by atoms with E-state index < -0.39 is 0 Å². The average molecular weight is 376 g/mol. The van der Waals surface area contributed by atoms with Gasteiger partial charge in [0.25, 0.3) is 0 Å². The maximum Gasteiger partial charge on any atom is 0.186 e. The van der Waals surface area contributed by atoms with Gasteiger partial charge >= 0.3 is 0 Å². The van der Waals surface area contributed by atoms with Crippen LogP contribution in [-0.4, -0.2) is 25.8 Å². The van der Waals surface area contributed by atoms with Gasteiger partial charge in [0.2, 0.25) is 0 Å². The van der Waals surface area contributed by atoms with Crippen LogP contribution < -0.4 is 9.47 Å². The number of benzene rings is 2. The number of carbonyl (C=O) groups excluding carboxylic acids is 2. The fourth-order valence-corrected chi connectivity index (χ4v) is 3.58. The molecular formula is C24H24O4. The molecule has 1 aliphatic rings. The third kappa shape index (κ3) is 3.38.